The summed E-state index contributed by atoms with van der Waals surface area (Å²) < 4.78 is 57.1. The molecule has 0 saturated heterocycles. The third-order valence-corrected chi connectivity index (χ3v) is 13.4. The van der Waals surface area contributed by atoms with Gasteiger partial charge in [0.2, 0.25) is 0 Å². The van der Waals surface area contributed by atoms with Crippen LogP contribution in [0.1, 0.15) is 72.2 Å². The Balaban J connectivity index is 0.000000314. The number of aryl methyl sites for hydroxylation is 8. The predicted molar refractivity (Wildman–Crippen MR) is 235 cm³/mol. The molecule has 8 nitrogen and oxygen atoms in total. The highest BCUT2D eigenvalue weighted by molar-refractivity contribution is 14.1. The number of halogens is 2. The molecule has 298 valence electrons. The van der Waals surface area contributed by atoms with Crippen LogP contribution in [0.3, 0.4) is 0 Å². The number of hydrogen-bond donors (Lipinski definition) is 0. The molecule has 0 aromatic heterocycles. The Bertz CT molecular complexity index is 1910. The lowest BCUT2D eigenvalue weighted by Gasteiger charge is -2.25. The minimum atomic E-state index is -3.53. The largest absolute Gasteiger partial charge is 0.496 e. The van der Waals surface area contributed by atoms with Crippen molar-refractivity contribution in [3.05, 3.63) is 96.6 Å². The van der Waals surface area contributed by atoms with Crippen LogP contribution in [0.2, 0.25) is 0 Å². The Hall–Kier alpha value is -2.20. The van der Waals surface area contributed by atoms with E-state index in [0.717, 1.165) is 33.6 Å². The summed E-state index contributed by atoms with van der Waals surface area (Å²) in [6, 6.07) is 16.8. The van der Waals surface area contributed by atoms with Gasteiger partial charge in [-0.25, -0.2) is 4.57 Å². The van der Waals surface area contributed by atoms with Gasteiger partial charge in [-0.15, -0.1) is 0 Å². The molecular weight excluding hydrogens is 857 g/mol. The van der Waals surface area contributed by atoms with E-state index in [1.807, 2.05) is 39.0 Å². The molecule has 0 fully saturated rings. The molecule has 0 bridgehead atoms. The average molecular weight is 915 g/mol. The van der Waals surface area contributed by atoms with Crippen LogP contribution in [-0.2, 0) is 27.2 Å². The highest BCUT2D eigenvalue weighted by Crippen LogP contribution is 2.54. The minimum absolute atomic E-state index is 0.291. The van der Waals surface area contributed by atoms with Crippen molar-refractivity contribution in [2.24, 2.45) is 0 Å². The summed E-state index contributed by atoms with van der Waals surface area (Å²) >= 11 is 7.63. The number of ether oxygens (including phenoxy) is 2. The maximum Gasteiger partial charge on any atom is 0.424 e. The van der Waals surface area contributed by atoms with Crippen molar-refractivity contribution in [3.8, 4) is 33.8 Å². The Kier molecular flexibility index (Phi) is 19.5. The van der Waals surface area contributed by atoms with Gasteiger partial charge in [0.25, 0.3) is 0 Å². The maximum atomic E-state index is 13.7. The molecule has 0 aliphatic rings. The van der Waals surface area contributed by atoms with E-state index in [9.17, 15) is 9.13 Å². The molecule has 0 aliphatic carbocycles. The van der Waals surface area contributed by atoms with Gasteiger partial charge in [-0.2, -0.15) is 0 Å². The minimum Gasteiger partial charge on any atom is -0.496 e. The molecule has 0 aliphatic heterocycles. The van der Waals surface area contributed by atoms with Gasteiger partial charge in [-0.1, -0.05) is 47.5 Å². The van der Waals surface area contributed by atoms with Crippen LogP contribution in [0, 0.1) is 59.0 Å². The molecule has 4 rings (SSSR count). The molecule has 4 aromatic rings. The van der Waals surface area contributed by atoms with Crippen LogP contribution < -0.4 is 14.8 Å². The van der Waals surface area contributed by atoms with Gasteiger partial charge >= 0.3 is 14.5 Å². The zero-order valence-corrected chi connectivity index (χ0v) is 39.1. The number of rotatable bonds is 13. The molecule has 0 heterocycles. The lowest BCUT2D eigenvalue weighted by atomic mass is 9.91. The third-order valence-electron chi connectivity index (χ3n) is 8.40. The van der Waals surface area contributed by atoms with Gasteiger partial charge in [0.05, 0.1) is 44.2 Å². The maximum absolute atomic E-state index is 13.7. The Morgan fingerprint density at radius 1 is 0.519 bits per heavy atom. The second-order valence-corrected chi connectivity index (χ2v) is 18.4. The first-order valence-corrected chi connectivity index (χ1v) is 23.1. The van der Waals surface area contributed by atoms with Crippen LogP contribution in [0.5, 0.6) is 11.5 Å². The summed E-state index contributed by atoms with van der Waals surface area (Å²) in [4.78, 5) is 0. The monoisotopic (exact) mass is 914 g/mol. The molecule has 0 unspecified atom stereocenters. The van der Waals surface area contributed by atoms with Gasteiger partial charge in [0, 0.05) is 22.4 Å². The zero-order valence-electron chi connectivity index (χ0n) is 34.4. The van der Waals surface area contributed by atoms with Gasteiger partial charge in [-0.05, 0) is 162 Å². The molecule has 0 amide bonds. The van der Waals surface area contributed by atoms with E-state index in [4.69, 9.17) is 29.8 Å². The van der Waals surface area contributed by atoms with Crippen LogP contribution in [0.15, 0.2) is 48.5 Å². The van der Waals surface area contributed by atoms with E-state index in [0.29, 0.717) is 37.5 Å². The van der Waals surface area contributed by atoms with Crippen LogP contribution in [0.4, 0.5) is 0 Å². The molecule has 0 radical (unpaired) electrons. The van der Waals surface area contributed by atoms with E-state index >= 15 is 0 Å². The SMILES string of the molecule is CCOP(=O)(Cl)OCC.CCOP(=O)(OCC)c1c(OC)ccc(C)c1-c1c(C)cc(C)cc1C.COc1ccc(C)c(-c2c(C)cc(C)cc2C)c1I. The molecule has 0 saturated carbocycles. The van der Waals surface area contributed by atoms with Crippen molar-refractivity contribution in [1.82, 2.24) is 0 Å². The van der Waals surface area contributed by atoms with Gasteiger partial charge in [0.1, 0.15) is 16.8 Å². The van der Waals surface area contributed by atoms with E-state index in [2.05, 4.69) is 110 Å². The van der Waals surface area contributed by atoms with Crippen molar-refractivity contribution in [2.75, 3.05) is 40.6 Å². The molecular formula is C42H58ClIO8P2. The van der Waals surface area contributed by atoms with Gasteiger partial charge in [-0.3, -0.25) is 13.6 Å². The van der Waals surface area contributed by atoms with Crippen LogP contribution in [-0.4, -0.2) is 40.6 Å². The van der Waals surface area contributed by atoms with Crippen LogP contribution in [0.25, 0.3) is 22.3 Å². The van der Waals surface area contributed by atoms with Crippen molar-refractivity contribution < 1.29 is 36.7 Å². The van der Waals surface area contributed by atoms with E-state index in [1.54, 1.807) is 28.1 Å². The second-order valence-electron chi connectivity index (χ2n) is 12.7. The molecule has 0 spiro atoms. The quantitative estimate of drug-likeness (QED) is 0.0968. The lowest BCUT2D eigenvalue weighted by molar-refractivity contribution is 0.229. The van der Waals surface area contributed by atoms with Crippen LogP contribution >= 0.6 is 48.4 Å². The van der Waals surface area contributed by atoms with E-state index < -0.39 is 14.5 Å². The summed E-state index contributed by atoms with van der Waals surface area (Å²) in [5.41, 5.74) is 14.3. The van der Waals surface area contributed by atoms with Gasteiger partial charge in [0.15, 0.2) is 0 Å². The van der Waals surface area contributed by atoms with E-state index in [-0.39, 0.29) is 0 Å². The first-order valence-electron chi connectivity index (χ1n) is 18.0. The zero-order chi connectivity index (χ0) is 41.0. The lowest BCUT2D eigenvalue weighted by Crippen LogP contribution is -2.18. The van der Waals surface area contributed by atoms with Crippen molar-refractivity contribution in [3.63, 3.8) is 0 Å². The standard InChI is InChI=1S/C21H29O4P.C17H19IO.C4H10ClO3P/c1-8-24-26(22,25-9-2)21-18(23-7)11-10-15(4)20(21)19-16(5)12-14(3)13-17(19)6;1-10-8-12(3)15(13(4)9-10)16-11(2)6-7-14(19-5)17(16)18;1-3-7-9(5,6)8-4-2/h10-13H,8-9H2,1-7H3;6-9H,1-5H3;3-4H2,1-2H3. The summed E-state index contributed by atoms with van der Waals surface area (Å²) in [6.45, 7) is 21.9. The predicted octanol–water partition coefficient (Wildman–Crippen LogP) is 13.1. The molecule has 0 atom stereocenters. The molecule has 0 N–H and O–H groups in total. The smallest absolute Gasteiger partial charge is 0.424 e. The topological polar surface area (TPSA) is 89.5 Å². The van der Waals surface area contributed by atoms with Crippen molar-refractivity contribution >= 4 is 53.7 Å². The Labute approximate surface area is 342 Å². The van der Waals surface area contributed by atoms with Crippen molar-refractivity contribution in [2.45, 2.75) is 83.1 Å². The highest BCUT2D eigenvalue weighted by Gasteiger charge is 2.35. The Morgan fingerprint density at radius 3 is 1.24 bits per heavy atom. The fourth-order valence-electron chi connectivity index (χ4n) is 6.54. The molecule has 12 heteroatoms. The number of hydrogen-bond acceptors (Lipinski definition) is 8. The fraction of sp³-hybridized carbons (Fsp3) is 0.429. The summed E-state index contributed by atoms with van der Waals surface area (Å²) in [6.07, 6.45) is 0. The molecule has 54 heavy (non-hydrogen) atoms. The summed E-state index contributed by atoms with van der Waals surface area (Å²) in [7, 11) is -0.226. The normalized spacial score (nSPS) is 11.3. The fourth-order valence-corrected chi connectivity index (χ4v) is 10.9. The first-order chi connectivity index (χ1) is 25.4. The molecule has 4 aromatic carbocycles. The third kappa shape index (κ3) is 12.4. The highest BCUT2D eigenvalue weighted by atomic mass is 127. The second kappa shape index (κ2) is 21.9. The first kappa shape index (κ1) is 48.0. The average Bonchev–Trinajstić information content (AvgIpc) is 3.07. The van der Waals surface area contributed by atoms with Crippen molar-refractivity contribution in [1.29, 1.82) is 0 Å². The Morgan fingerprint density at radius 2 is 0.870 bits per heavy atom. The number of benzene rings is 4. The van der Waals surface area contributed by atoms with Gasteiger partial charge < -0.3 is 18.5 Å². The number of methoxy groups -OCH3 is 2. The summed E-state index contributed by atoms with van der Waals surface area (Å²) in [5.74, 6) is 1.47. The van der Waals surface area contributed by atoms with E-state index in [1.165, 1.54) is 42.5 Å². The summed E-state index contributed by atoms with van der Waals surface area (Å²) in [5, 5.41) is 0.513.